The lowest BCUT2D eigenvalue weighted by Crippen LogP contribution is -2.40. The third kappa shape index (κ3) is 2.26. The molecule has 1 aromatic carbocycles. The Balaban J connectivity index is 2.63. The van der Waals surface area contributed by atoms with Crippen molar-refractivity contribution in [1.82, 2.24) is 0 Å². The number of aryl methyl sites for hydroxylation is 2. The number of allylic oxidation sites excluding steroid dienone is 2. The second-order valence-electron chi connectivity index (χ2n) is 5.69. The van der Waals surface area contributed by atoms with Gasteiger partial charge in [-0.15, -0.1) is 0 Å². The highest BCUT2D eigenvalue weighted by atomic mass is 16.5. The number of benzene rings is 1. The normalized spacial score (nSPS) is 22.5. The molecule has 0 saturated heterocycles. The van der Waals surface area contributed by atoms with Crippen molar-refractivity contribution in [2.45, 2.75) is 40.4 Å². The maximum atomic E-state index is 10.1. The average molecular weight is 258 g/mol. The first-order chi connectivity index (χ1) is 8.75. The van der Waals surface area contributed by atoms with E-state index in [1.54, 1.807) is 6.92 Å². The van der Waals surface area contributed by atoms with Crippen LogP contribution in [-0.2, 0) is 0 Å². The first kappa shape index (κ1) is 14.0. The highest BCUT2D eigenvalue weighted by Crippen LogP contribution is 2.40. The summed E-state index contributed by atoms with van der Waals surface area (Å²) in [4.78, 5) is 0. The summed E-state index contributed by atoms with van der Waals surface area (Å²) in [7, 11) is 0. The van der Waals surface area contributed by atoms with E-state index in [4.69, 9.17) is 0 Å². The van der Waals surface area contributed by atoms with Gasteiger partial charge in [0.1, 0.15) is 0 Å². The first-order valence-corrected chi connectivity index (χ1v) is 6.67. The third-order valence-corrected chi connectivity index (χ3v) is 4.30. The van der Waals surface area contributed by atoms with Gasteiger partial charge in [-0.3, -0.25) is 0 Å². The van der Waals surface area contributed by atoms with Crippen molar-refractivity contribution in [1.29, 1.82) is 0 Å². The van der Waals surface area contributed by atoms with E-state index in [9.17, 15) is 10.2 Å². The Morgan fingerprint density at radius 3 is 2.32 bits per heavy atom. The van der Waals surface area contributed by atoms with Crippen LogP contribution in [0, 0.1) is 19.8 Å². The molecule has 0 spiro atoms. The molecule has 2 nitrogen and oxygen atoms in total. The van der Waals surface area contributed by atoms with Gasteiger partial charge in [0.2, 0.25) is 0 Å². The Morgan fingerprint density at radius 2 is 1.68 bits per heavy atom. The number of hydrogen-bond donors (Lipinski definition) is 2. The van der Waals surface area contributed by atoms with Crippen LogP contribution in [0.5, 0.6) is 0 Å². The van der Waals surface area contributed by atoms with Crippen molar-refractivity contribution in [2.75, 3.05) is 0 Å². The molecule has 19 heavy (non-hydrogen) atoms. The Morgan fingerprint density at radius 1 is 1.05 bits per heavy atom. The molecule has 0 radical (unpaired) electrons. The van der Waals surface area contributed by atoms with E-state index in [1.807, 2.05) is 19.9 Å². The van der Waals surface area contributed by atoms with Crippen molar-refractivity contribution in [3.8, 4) is 0 Å². The van der Waals surface area contributed by atoms with Gasteiger partial charge in [-0.25, -0.2) is 0 Å². The molecule has 2 rings (SSSR count). The lowest BCUT2D eigenvalue weighted by molar-refractivity contribution is -0.155. The van der Waals surface area contributed by atoms with Crippen molar-refractivity contribution >= 4 is 5.57 Å². The summed E-state index contributed by atoms with van der Waals surface area (Å²) in [6, 6.07) is 6.37. The van der Waals surface area contributed by atoms with Gasteiger partial charge in [0.25, 0.3) is 0 Å². The Hall–Kier alpha value is -1.38. The molecule has 1 aliphatic carbocycles. The molecule has 0 heterocycles. The van der Waals surface area contributed by atoms with Gasteiger partial charge in [0.15, 0.2) is 5.79 Å². The minimum atomic E-state index is -1.73. The van der Waals surface area contributed by atoms with Crippen LogP contribution in [0.25, 0.3) is 5.57 Å². The van der Waals surface area contributed by atoms with E-state index in [1.165, 1.54) is 16.7 Å². The molecular weight excluding hydrogens is 236 g/mol. The summed E-state index contributed by atoms with van der Waals surface area (Å²) in [6.07, 6.45) is 1.90. The quantitative estimate of drug-likeness (QED) is 0.758. The fraction of sp³-hybridized carbons (Fsp3) is 0.412. The highest BCUT2D eigenvalue weighted by Gasteiger charge is 2.38. The minimum absolute atomic E-state index is 0.299. The van der Waals surface area contributed by atoms with Gasteiger partial charge in [0, 0.05) is 5.92 Å². The highest BCUT2D eigenvalue weighted by molar-refractivity contribution is 5.81. The van der Waals surface area contributed by atoms with Crippen molar-refractivity contribution in [2.24, 2.45) is 5.92 Å². The van der Waals surface area contributed by atoms with Crippen LogP contribution in [-0.4, -0.2) is 16.0 Å². The molecule has 2 heteroatoms. The van der Waals surface area contributed by atoms with Gasteiger partial charge < -0.3 is 10.2 Å². The topological polar surface area (TPSA) is 40.5 Å². The molecule has 2 N–H and O–H groups in total. The number of aliphatic hydroxyl groups is 2. The van der Waals surface area contributed by atoms with Gasteiger partial charge in [-0.1, -0.05) is 42.3 Å². The summed E-state index contributed by atoms with van der Waals surface area (Å²) >= 11 is 0. The van der Waals surface area contributed by atoms with Crippen LogP contribution >= 0.6 is 0 Å². The summed E-state index contributed by atoms with van der Waals surface area (Å²) < 4.78 is 0. The van der Waals surface area contributed by atoms with Crippen LogP contribution in [0.1, 0.15) is 37.5 Å². The lowest BCUT2D eigenvalue weighted by atomic mass is 9.78. The van der Waals surface area contributed by atoms with Crippen molar-refractivity contribution in [3.05, 3.63) is 52.1 Å². The fourth-order valence-corrected chi connectivity index (χ4v) is 2.63. The average Bonchev–Trinajstić information content (AvgIpc) is 2.35. The van der Waals surface area contributed by atoms with E-state index in [-0.39, 0.29) is 5.92 Å². The van der Waals surface area contributed by atoms with Gasteiger partial charge >= 0.3 is 0 Å². The molecule has 0 aliphatic heterocycles. The summed E-state index contributed by atoms with van der Waals surface area (Å²) in [5.41, 5.74) is 6.33. The van der Waals surface area contributed by atoms with Crippen molar-refractivity contribution in [3.63, 3.8) is 0 Å². The first-order valence-electron chi connectivity index (χ1n) is 6.67. The van der Waals surface area contributed by atoms with E-state index in [2.05, 4.69) is 32.0 Å². The van der Waals surface area contributed by atoms with Crippen LogP contribution < -0.4 is 0 Å². The Kier molecular flexibility index (Phi) is 3.41. The zero-order valence-electron chi connectivity index (χ0n) is 12.3. The molecular formula is C17H22O2. The largest absolute Gasteiger partial charge is 0.362 e. The zero-order chi connectivity index (χ0) is 14.4. The molecule has 102 valence electrons. The van der Waals surface area contributed by atoms with Gasteiger partial charge in [0.05, 0.1) is 0 Å². The predicted molar refractivity (Wildman–Crippen MR) is 78.6 cm³/mol. The minimum Gasteiger partial charge on any atom is -0.362 e. The van der Waals surface area contributed by atoms with Crippen LogP contribution in [0.15, 0.2) is 35.4 Å². The van der Waals surface area contributed by atoms with E-state index < -0.39 is 5.79 Å². The van der Waals surface area contributed by atoms with Gasteiger partial charge in [-0.2, -0.15) is 0 Å². The molecule has 0 saturated carbocycles. The molecule has 0 aromatic heterocycles. The number of rotatable bonds is 1. The Labute approximate surface area is 115 Å². The maximum absolute atomic E-state index is 10.1. The number of hydrogen-bond acceptors (Lipinski definition) is 2. The summed E-state index contributed by atoms with van der Waals surface area (Å²) in [5, 5.41) is 20.2. The molecule has 1 unspecified atom stereocenters. The van der Waals surface area contributed by atoms with Crippen molar-refractivity contribution < 1.29 is 10.2 Å². The lowest BCUT2D eigenvalue weighted by Gasteiger charge is -2.35. The van der Waals surface area contributed by atoms with Crippen LogP contribution in [0.4, 0.5) is 0 Å². The summed E-state index contributed by atoms with van der Waals surface area (Å²) in [5.74, 6) is -2.03. The monoisotopic (exact) mass is 258 g/mol. The van der Waals surface area contributed by atoms with Gasteiger partial charge in [-0.05, 0) is 50.0 Å². The molecule has 0 bridgehead atoms. The smallest absolute Gasteiger partial charge is 0.192 e. The second-order valence-corrected chi connectivity index (χ2v) is 5.69. The Bertz CT molecular complexity index is 577. The maximum Gasteiger partial charge on any atom is 0.192 e. The summed E-state index contributed by atoms with van der Waals surface area (Å²) in [6.45, 7) is 9.77. The molecule has 1 aromatic rings. The molecule has 0 fully saturated rings. The zero-order valence-corrected chi connectivity index (χ0v) is 12.3. The van der Waals surface area contributed by atoms with Crippen LogP contribution in [0.3, 0.4) is 0 Å². The van der Waals surface area contributed by atoms with E-state index in [0.717, 1.165) is 11.1 Å². The van der Waals surface area contributed by atoms with Crippen LogP contribution in [0.2, 0.25) is 0 Å². The van der Waals surface area contributed by atoms with E-state index >= 15 is 0 Å². The van der Waals surface area contributed by atoms with E-state index in [0.29, 0.717) is 5.57 Å². The molecule has 1 atom stereocenters. The molecule has 1 aliphatic rings. The predicted octanol–water partition coefficient (Wildman–Crippen LogP) is 3.35. The molecule has 0 amide bonds. The second kappa shape index (κ2) is 4.62. The standard InChI is InChI=1S/C17H22O2/c1-10-6-7-11(2)15(8-10)16-9-12(3)17(18,19)14(5)13(16)4/h6-9,14,18-19H,1-5H3. The SMILES string of the molecule is CC1=CC(c2cc(C)ccc2C)=C(C)C(C)C1(O)O. The third-order valence-electron chi connectivity index (χ3n) is 4.30. The fourth-order valence-electron chi connectivity index (χ4n) is 2.63.